The van der Waals surface area contributed by atoms with Crippen molar-refractivity contribution in [1.82, 2.24) is 10.3 Å². The van der Waals surface area contributed by atoms with Crippen molar-refractivity contribution in [1.29, 1.82) is 5.26 Å². The third kappa shape index (κ3) is 4.47. The van der Waals surface area contributed by atoms with Gasteiger partial charge in [0.2, 0.25) is 5.91 Å². The Morgan fingerprint density at radius 1 is 1.52 bits per heavy atom. The number of nitriles is 1. The smallest absolute Gasteiger partial charge is 0.233 e. The molecule has 1 amide bonds. The topological polar surface area (TPSA) is 65.8 Å². The highest BCUT2D eigenvalue weighted by Gasteiger charge is 2.25. The van der Waals surface area contributed by atoms with Crippen molar-refractivity contribution in [2.45, 2.75) is 55.8 Å². The van der Waals surface area contributed by atoms with E-state index < -0.39 is 0 Å². The van der Waals surface area contributed by atoms with Gasteiger partial charge >= 0.3 is 0 Å². The minimum Gasteiger partial charge on any atom is -0.352 e. The molecule has 0 bridgehead atoms. The molecule has 0 aromatic carbocycles. The highest BCUT2D eigenvalue weighted by atomic mass is 32.2. The fraction of sp³-hybridized carbons (Fsp3) is 0.562. The van der Waals surface area contributed by atoms with Crippen molar-refractivity contribution >= 4 is 17.7 Å². The molecule has 0 saturated heterocycles. The zero-order valence-electron chi connectivity index (χ0n) is 12.5. The first kappa shape index (κ1) is 15.8. The van der Waals surface area contributed by atoms with E-state index in [1.807, 2.05) is 6.92 Å². The number of carbonyl (C=O) groups excluding carboxylic acids is 1. The van der Waals surface area contributed by atoms with E-state index in [-0.39, 0.29) is 11.2 Å². The van der Waals surface area contributed by atoms with Crippen LogP contribution in [-0.4, -0.2) is 22.2 Å². The summed E-state index contributed by atoms with van der Waals surface area (Å²) in [5, 5.41) is 12.6. The van der Waals surface area contributed by atoms with Crippen molar-refractivity contribution in [3.05, 3.63) is 23.9 Å². The highest BCUT2D eigenvalue weighted by molar-refractivity contribution is 8.00. The maximum absolute atomic E-state index is 12.3. The van der Waals surface area contributed by atoms with E-state index in [1.165, 1.54) is 31.0 Å². The van der Waals surface area contributed by atoms with Gasteiger partial charge in [-0.3, -0.25) is 4.79 Å². The zero-order chi connectivity index (χ0) is 15.2. The Bertz CT molecular complexity index is 541. The maximum Gasteiger partial charge on any atom is 0.233 e. The van der Waals surface area contributed by atoms with E-state index in [1.54, 1.807) is 18.3 Å². The molecule has 1 aromatic rings. The van der Waals surface area contributed by atoms with Crippen LogP contribution >= 0.6 is 11.8 Å². The fourth-order valence-electron chi connectivity index (χ4n) is 2.61. The highest BCUT2D eigenvalue weighted by Crippen LogP contribution is 2.26. The summed E-state index contributed by atoms with van der Waals surface area (Å²) in [6, 6.07) is 5.77. The van der Waals surface area contributed by atoms with Gasteiger partial charge in [-0.1, -0.05) is 31.5 Å². The van der Waals surface area contributed by atoms with Gasteiger partial charge in [-0.05, 0) is 37.8 Å². The van der Waals surface area contributed by atoms with E-state index in [0.29, 0.717) is 22.5 Å². The maximum atomic E-state index is 12.3. The van der Waals surface area contributed by atoms with Gasteiger partial charge in [0, 0.05) is 12.2 Å². The summed E-state index contributed by atoms with van der Waals surface area (Å²) in [7, 11) is 0. The monoisotopic (exact) mass is 303 g/mol. The van der Waals surface area contributed by atoms with Gasteiger partial charge in [0.15, 0.2) is 0 Å². The lowest BCUT2D eigenvalue weighted by molar-refractivity contribution is -0.121. The summed E-state index contributed by atoms with van der Waals surface area (Å²) in [4.78, 5) is 16.5. The molecule has 112 valence electrons. The van der Waals surface area contributed by atoms with E-state index in [2.05, 4.69) is 23.3 Å². The molecular formula is C16H21N3OS. The average Bonchev–Trinajstić information content (AvgIpc) is 2.49. The summed E-state index contributed by atoms with van der Waals surface area (Å²) in [5.74, 6) is 0.614. The Morgan fingerprint density at radius 3 is 3.00 bits per heavy atom. The van der Waals surface area contributed by atoms with Gasteiger partial charge in [0.1, 0.15) is 0 Å². The Balaban J connectivity index is 1.91. The molecular weight excluding hydrogens is 282 g/mol. The molecule has 0 unspecified atom stereocenters. The zero-order valence-corrected chi connectivity index (χ0v) is 13.3. The van der Waals surface area contributed by atoms with Crippen LogP contribution in [0.1, 0.15) is 45.1 Å². The molecule has 1 aromatic heterocycles. The quantitative estimate of drug-likeness (QED) is 0.868. The number of rotatable bonds is 4. The van der Waals surface area contributed by atoms with Crippen LogP contribution in [0.4, 0.5) is 0 Å². The first-order valence-corrected chi connectivity index (χ1v) is 8.31. The van der Waals surface area contributed by atoms with Gasteiger partial charge in [-0.15, -0.1) is 0 Å². The summed E-state index contributed by atoms with van der Waals surface area (Å²) in [5.41, 5.74) is 0.570. The number of aromatic nitrogens is 1. The van der Waals surface area contributed by atoms with Gasteiger partial charge < -0.3 is 5.32 Å². The molecule has 2 rings (SSSR count). The van der Waals surface area contributed by atoms with Gasteiger partial charge in [-0.25, -0.2) is 4.98 Å². The summed E-state index contributed by atoms with van der Waals surface area (Å²) < 4.78 is 0. The number of pyridine rings is 1. The van der Waals surface area contributed by atoms with Crippen LogP contribution in [0.25, 0.3) is 0 Å². The first-order valence-electron chi connectivity index (χ1n) is 7.43. The number of hydrogen-bond acceptors (Lipinski definition) is 4. The first-order chi connectivity index (χ1) is 10.1. The summed E-state index contributed by atoms with van der Waals surface area (Å²) in [6.07, 6.45) is 6.34. The van der Waals surface area contributed by atoms with Crippen molar-refractivity contribution in [2.75, 3.05) is 0 Å². The van der Waals surface area contributed by atoms with E-state index in [0.717, 1.165) is 6.42 Å². The molecule has 1 saturated carbocycles. The average molecular weight is 303 g/mol. The lowest BCUT2D eigenvalue weighted by atomic mass is 9.86. The van der Waals surface area contributed by atoms with Gasteiger partial charge in [0.25, 0.3) is 0 Å². The summed E-state index contributed by atoms with van der Waals surface area (Å²) >= 11 is 1.40. The minimum absolute atomic E-state index is 0.0583. The standard InChI is InChI=1S/C16H21N3OS/c1-11-5-3-4-6-14(11)19-16(20)12(2)21-15-9-13(10-17)7-8-18-15/h7-9,11-12,14H,3-6H2,1-2H3,(H,19,20)/t11-,12+,14-/m1/s1. The number of thioether (sulfide) groups is 1. The van der Waals surface area contributed by atoms with Crippen LogP contribution in [0.3, 0.4) is 0 Å². The molecule has 5 heteroatoms. The van der Waals surface area contributed by atoms with Gasteiger partial charge in [0.05, 0.1) is 21.9 Å². The van der Waals surface area contributed by atoms with E-state index in [4.69, 9.17) is 5.26 Å². The lowest BCUT2D eigenvalue weighted by Gasteiger charge is -2.30. The van der Waals surface area contributed by atoms with Gasteiger partial charge in [-0.2, -0.15) is 5.26 Å². The van der Waals surface area contributed by atoms with Crippen LogP contribution < -0.4 is 5.32 Å². The number of nitrogens with one attached hydrogen (secondary N) is 1. The Hall–Kier alpha value is -1.54. The van der Waals surface area contributed by atoms with Crippen LogP contribution in [0.5, 0.6) is 0 Å². The predicted octanol–water partition coefficient (Wildman–Crippen LogP) is 3.13. The fourth-order valence-corrected chi connectivity index (χ4v) is 3.46. The molecule has 1 aliphatic carbocycles. The molecule has 1 aliphatic rings. The molecule has 3 atom stereocenters. The second-order valence-electron chi connectivity index (χ2n) is 5.63. The minimum atomic E-state index is -0.208. The van der Waals surface area contributed by atoms with Crippen molar-refractivity contribution in [2.24, 2.45) is 5.92 Å². The van der Waals surface area contributed by atoms with Crippen molar-refractivity contribution in [3.63, 3.8) is 0 Å². The normalized spacial score (nSPS) is 23.1. The van der Waals surface area contributed by atoms with Crippen LogP contribution in [0.2, 0.25) is 0 Å². The number of amides is 1. The largest absolute Gasteiger partial charge is 0.352 e. The number of hydrogen-bond donors (Lipinski definition) is 1. The second-order valence-corrected chi connectivity index (χ2v) is 6.99. The van der Waals surface area contributed by atoms with Crippen molar-refractivity contribution in [3.8, 4) is 6.07 Å². The molecule has 4 nitrogen and oxygen atoms in total. The Morgan fingerprint density at radius 2 is 2.29 bits per heavy atom. The van der Waals surface area contributed by atoms with Crippen LogP contribution in [-0.2, 0) is 4.79 Å². The molecule has 0 spiro atoms. The predicted molar refractivity (Wildman–Crippen MR) is 83.8 cm³/mol. The van der Waals surface area contributed by atoms with Crippen LogP contribution in [0.15, 0.2) is 23.4 Å². The molecule has 0 aliphatic heterocycles. The third-order valence-electron chi connectivity index (χ3n) is 3.97. The Kier molecular flexibility index (Phi) is 5.63. The molecule has 0 radical (unpaired) electrons. The van der Waals surface area contributed by atoms with E-state index in [9.17, 15) is 4.79 Å². The molecule has 1 N–H and O–H groups in total. The SMILES string of the molecule is C[C@H](Sc1cc(C#N)ccn1)C(=O)N[C@@H]1CCCC[C@H]1C. The Labute approximate surface area is 130 Å². The number of nitrogens with zero attached hydrogens (tertiary/aromatic N) is 2. The third-order valence-corrected chi connectivity index (χ3v) is 5.00. The molecule has 1 fully saturated rings. The lowest BCUT2D eigenvalue weighted by Crippen LogP contribution is -2.44. The van der Waals surface area contributed by atoms with E-state index >= 15 is 0 Å². The molecule has 21 heavy (non-hydrogen) atoms. The van der Waals surface area contributed by atoms with Crippen LogP contribution in [0, 0.1) is 17.2 Å². The number of carbonyl (C=O) groups is 1. The van der Waals surface area contributed by atoms with Crippen molar-refractivity contribution < 1.29 is 4.79 Å². The summed E-state index contributed by atoms with van der Waals surface area (Å²) in [6.45, 7) is 4.09. The second kappa shape index (κ2) is 7.46. The molecule has 1 heterocycles.